The van der Waals surface area contributed by atoms with Crippen molar-refractivity contribution in [3.63, 3.8) is 0 Å². The number of aromatic amines is 1. The Bertz CT molecular complexity index is 1980. The van der Waals surface area contributed by atoms with E-state index >= 15 is 0 Å². The molecule has 8 aliphatic rings. The summed E-state index contributed by atoms with van der Waals surface area (Å²) in [7, 11) is 1.32. The molecule has 5 aliphatic carbocycles. The Labute approximate surface area is 340 Å². The van der Waals surface area contributed by atoms with Crippen molar-refractivity contribution in [1.82, 2.24) is 25.1 Å². The number of nitrogens with zero attached hydrogens (tertiary/aromatic N) is 4. The first-order valence-electron chi connectivity index (χ1n) is 21.1. The Morgan fingerprint density at radius 1 is 0.821 bits per heavy atom. The van der Waals surface area contributed by atoms with Crippen molar-refractivity contribution in [2.75, 3.05) is 7.11 Å². The minimum atomic E-state index is -0.649. The summed E-state index contributed by atoms with van der Waals surface area (Å²) >= 11 is 13.9. The standard InChI is InChI=1S/C44H56Cl2N6O4/c1-22(2)24(5)40(53)52-32-18-27(32)20-34(52)39-48-36(38(46)50-39)25-7-9-28(10-8-25)43-11-14-44(15-12-43,16-13-43)29-21-30(47-37(29)45)33-19-26-17-31(26)51(33)41(54)35(23(3)4)49-42(55)56-6/h7-10,22-24,26-27,31-35H,11-21H2,1-6H3,(H,48,50)(H,49,55)/t24-,26+,27+,31+,32+,33-,34-,35-,43?,44?/m0/s1. The normalized spacial score (nSPS) is 33.8. The summed E-state index contributed by atoms with van der Waals surface area (Å²) in [5, 5.41) is 3.94. The van der Waals surface area contributed by atoms with E-state index in [1.165, 1.54) is 18.2 Å². The van der Waals surface area contributed by atoms with Crippen LogP contribution in [0.2, 0.25) is 5.15 Å². The number of carbonyl (C=O) groups is 3. The molecule has 7 fully saturated rings. The van der Waals surface area contributed by atoms with Crippen LogP contribution in [0.1, 0.15) is 123 Å². The van der Waals surface area contributed by atoms with Gasteiger partial charge in [0.05, 0.1) is 19.2 Å². The third-order valence-electron chi connectivity index (χ3n) is 15.4. The number of rotatable bonds is 10. The number of piperidine rings is 2. The largest absolute Gasteiger partial charge is 0.453 e. The first kappa shape index (κ1) is 38.2. The van der Waals surface area contributed by atoms with Gasteiger partial charge in [-0.25, -0.2) is 14.8 Å². The van der Waals surface area contributed by atoms with Crippen LogP contribution in [0.25, 0.3) is 11.3 Å². The summed E-state index contributed by atoms with van der Waals surface area (Å²) in [5.74, 6) is 2.22. The lowest BCUT2D eigenvalue weighted by molar-refractivity contribution is -0.138. The molecule has 1 aromatic carbocycles. The topological polar surface area (TPSA) is 120 Å². The molecular weight excluding hydrogens is 747 g/mol. The van der Waals surface area contributed by atoms with Crippen LogP contribution in [0.4, 0.5) is 4.79 Å². The van der Waals surface area contributed by atoms with E-state index < -0.39 is 12.1 Å². The lowest BCUT2D eigenvalue weighted by atomic mass is 9.50. The van der Waals surface area contributed by atoms with Gasteiger partial charge in [-0.3, -0.25) is 9.59 Å². The molecule has 2 aromatic rings. The van der Waals surface area contributed by atoms with Gasteiger partial charge >= 0.3 is 6.09 Å². The van der Waals surface area contributed by atoms with Gasteiger partial charge in [-0.15, -0.1) is 0 Å². The van der Waals surface area contributed by atoms with Crippen LogP contribution < -0.4 is 5.32 Å². The number of likely N-dealkylation sites (tertiary alicyclic amines) is 2. The smallest absolute Gasteiger partial charge is 0.407 e. The molecule has 1 aromatic heterocycles. The van der Waals surface area contributed by atoms with Gasteiger partial charge in [-0.1, -0.05) is 82.1 Å². The number of carbonyl (C=O) groups excluding carboxylic acids is 3. The van der Waals surface area contributed by atoms with E-state index in [9.17, 15) is 14.4 Å². The van der Waals surface area contributed by atoms with Gasteiger partial charge < -0.3 is 24.8 Å². The zero-order valence-corrected chi connectivity index (χ0v) is 35.1. The van der Waals surface area contributed by atoms with E-state index in [4.69, 9.17) is 37.9 Å². The van der Waals surface area contributed by atoms with Gasteiger partial charge in [0.15, 0.2) is 0 Å². The molecule has 0 spiro atoms. The van der Waals surface area contributed by atoms with Crippen molar-refractivity contribution < 1.29 is 19.1 Å². The number of hydrogen-bond acceptors (Lipinski definition) is 6. The number of benzene rings is 1. The van der Waals surface area contributed by atoms with Gasteiger partial charge in [0.25, 0.3) is 0 Å². The highest BCUT2D eigenvalue weighted by Gasteiger charge is 2.59. The molecule has 12 heteroatoms. The monoisotopic (exact) mass is 802 g/mol. The predicted octanol–water partition coefficient (Wildman–Crippen LogP) is 8.94. The molecule has 10 rings (SSSR count). The maximum Gasteiger partial charge on any atom is 0.407 e. The molecule has 2 bridgehead atoms. The van der Waals surface area contributed by atoms with Gasteiger partial charge in [-0.05, 0) is 110 Å². The fraction of sp³-hybridized carbons (Fsp3) is 0.659. The van der Waals surface area contributed by atoms with Crippen LogP contribution in [0.3, 0.4) is 0 Å². The van der Waals surface area contributed by atoms with Gasteiger partial charge in [0.1, 0.15) is 27.9 Å². The van der Waals surface area contributed by atoms with E-state index in [0.717, 1.165) is 93.4 Å². The number of amides is 3. The second-order valence-electron chi connectivity index (χ2n) is 19.0. The van der Waals surface area contributed by atoms with Gasteiger partial charge in [-0.2, -0.15) is 0 Å². The van der Waals surface area contributed by atoms with E-state index in [0.29, 0.717) is 34.1 Å². The van der Waals surface area contributed by atoms with Crippen LogP contribution in [0, 0.1) is 35.0 Å². The zero-order chi connectivity index (χ0) is 39.4. The summed E-state index contributed by atoms with van der Waals surface area (Å²) in [6.07, 6.45) is 10.6. The highest BCUT2D eigenvalue weighted by molar-refractivity contribution is 6.32. The quantitative estimate of drug-likeness (QED) is 0.233. The number of imidazole rings is 1. The molecule has 4 heterocycles. The number of aromatic nitrogens is 2. The molecule has 5 saturated carbocycles. The highest BCUT2D eigenvalue weighted by Crippen LogP contribution is 2.63. The number of alkyl carbamates (subject to hydrolysis) is 1. The minimum Gasteiger partial charge on any atom is -0.453 e. The second kappa shape index (κ2) is 13.9. The van der Waals surface area contributed by atoms with E-state index in [2.05, 4.69) is 53.3 Å². The first-order chi connectivity index (χ1) is 26.7. The Kier molecular flexibility index (Phi) is 9.46. The third kappa shape index (κ3) is 6.22. The van der Waals surface area contributed by atoms with E-state index in [1.54, 1.807) is 0 Å². The SMILES string of the molecule is COC(=O)N[C@H](C(=O)N1[C@@H]2C[C@@H]2C[C@H]1C1=NC(Cl)=C(C23CCC(c4ccc(-c5nc([C@@H]6C[C@H]7C[C@H]7N6C(=O)[C@@H](C)C(C)C)[nH]c5Cl)cc4)(CC2)CC3)C1)C(C)C. The number of halogens is 2. The first-order valence-corrected chi connectivity index (χ1v) is 21.8. The zero-order valence-electron chi connectivity index (χ0n) is 33.5. The van der Waals surface area contributed by atoms with Gasteiger partial charge in [0.2, 0.25) is 11.8 Å². The number of allylic oxidation sites excluding steroid dienone is 1. The molecule has 10 nitrogen and oxygen atoms in total. The summed E-state index contributed by atoms with van der Waals surface area (Å²) in [6.45, 7) is 10.2. The summed E-state index contributed by atoms with van der Waals surface area (Å²) in [4.78, 5) is 57.2. The summed E-state index contributed by atoms with van der Waals surface area (Å²) < 4.78 is 4.85. The molecule has 0 unspecified atom stereocenters. The fourth-order valence-corrected chi connectivity index (χ4v) is 11.9. The van der Waals surface area contributed by atoms with Crippen molar-refractivity contribution in [2.24, 2.45) is 40.0 Å². The molecule has 2 saturated heterocycles. The lowest BCUT2D eigenvalue weighted by Crippen LogP contribution is -2.55. The van der Waals surface area contributed by atoms with Crippen molar-refractivity contribution >= 4 is 46.8 Å². The van der Waals surface area contributed by atoms with Crippen molar-refractivity contribution in [1.29, 1.82) is 0 Å². The maximum atomic E-state index is 14.0. The Morgan fingerprint density at radius 3 is 2.00 bits per heavy atom. The minimum absolute atomic E-state index is 0.0245. The van der Waals surface area contributed by atoms with Crippen molar-refractivity contribution in [2.45, 2.75) is 141 Å². The highest BCUT2D eigenvalue weighted by atomic mass is 35.5. The maximum absolute atomic E-state index is 14.0. The van der Waals surface area contributed by atoms with E-state index in [-0.39, 0.29) is 52.6 Å². The Balaban J connectivity index is 0.862. The number of methoxy groups -OCH3 is 1. The predicted molar refractivity (Wildman–Crippen MR) is 217 cm³/mol. The molecule has 0 radical (unpaired) electrons. The molecule has 2 N–H and O–H groups in total. The molecule has 3 amide bonds. The Morgan fingerprint density at radius 2 is 1.41 bits per heavy atom. The third-order valence-corrected chi connectivity index (χ3v) is 16.0. The fourth-order valence-electron chi connectivity index (χ4n) is 11.3. The molecule has 8 atom stereocenters. The number of fused-ring (bicyclic) bond motifs is 5. The number of nitrogens with one attached hydrogen (secondary N) is 2. The average molecular weight is 804 g/mol. The van der Waals surface area contributed by atoms with Gasteiger partial charge in [0, 0.05) is 35.7 Å². The number of aliphatic imine (C=N–C) groups is 1. The van der Waals surface area contributed by atoms with Crippen LogP contribution >= 0.6 is 23.2 Å². The molecule has 56 heavy (non-hydrogen) atoms. The van der Waals surface area contributed by atoms with Crippen LogP contribution in [0.5, 0.6) is 0 Å². The number of ether oxygens (including phenoxy) is 1. The second-order valence-corrected chi connectivity index (χ2v) is 19.7. The van der Waals surface area contributed by atoms with E-state index in [1.807, 2.05) is 25.7 Å². The number of hydrogen-bond donors (Lipinski definition) is 2. The van der Waals surface area contributed by atoms with Crippen LogP contribution in [0.15, 0.2) is 40.0 Å². The van der Waals surface area contributed by atoms with Crippen LogP contribution in [-0.4, -0.2) is 74.7 Å². The van der Waals surface area contributed by atoms with Crippen molar-refractivity contribution in [3.05, 3.63) is 51.5 Å². The summed E-state index contributed by atoms with van der Waals surface area (Å²) in [5.41, 5.74) is 5.55. The lowest BCUT2D eigenvalue weighted by Gasteiger charge is -2.54. The molecule has 3 aliphatic heterocycles. The average Bonchev–Trinajstić information content (AvgIpc) is 3.90. The molecular formula is C44H56Cl2N6O4. The Hall–Kier alpha value is -3.37. The molecule has 300 valence electrons. The summed E-state index contributed by atoms with van der Waals surface area (Å²) in [6, 6.07) is 8.65. The van der Waals surface area contributed by atoms with Crippen LogP contribution in [-0.2, 0) is 19.7 Å². The number of H-pyrrole nitrogens is 1. The van der Waals surface area contributed by atoms with Crippen molar-refractivity contribution in [3.8, 4) is 11.3 Å².